The van der Waals surface area contributed by atoms with Crippen LogP contribution in [-0.4, -0.2) is 36.4 Å². The molecule has 0 spiro atoms. The molecule has 8 heteroatoms. The van der Waals surface area contributed by atoms with Crippen molar-refractivity contribution in [3.05, 3.63) is 53.3 Å². The molecule has 144 valence electrons. The Morgan fingerprint density at radius 2 is 2.04 bits per heavy atom. The maximum absolute atomic E-state index is 12.1. The first-order chi connectivity index (χ1) is 13.6. The highest BCUT2D eigenvalue weighted by Gasteiger charge is 2.22. The lowest BCUT2D eigenvalue weighted by molar-refractivity contribution is -0.136. The number of piperidine rings is 1. The Hall–Kier alpha value is -3.11. The van der Waals surface area contributed by atoms with Crippen LogP contribution in [0.5, 0.6) is 0 Å². The first-order valence-electron chi connectivity index (χ1n) is 9.00. The van der Waals surface area contributed by atoms with Gasteiger partial charge in [0.1, 0.15) is 6.07 Å². The number of aromatic nitrogens is 1. The van der Waals surface area contributed by atoms with E-state index in [9.17, 15) is 9.59 Å². The van der Waals surface area contributed by atoms with Gasteiger partial charge in [-0.2, -0.15) is 5.26 Å². The largest absolute Gasteiger partial charge is 0.370 e. The lowest BCUT2D eigenvalue weighted by Gasteiger charge is -2.33. The van der Waals surface area contributed by atoms with Gasteiger partial charge in [-0.25, -0.2) is 0 Å². The summed E-state index contributed by atoms with van der Waals surface area (Å²) in [5.74, 6) is -1.23. The number of nitrogens with zero attached hydrogens (tertiary/aromatic N) is 3. The molecule has 1 aliphatic heterocycles. The molecule has 2 heterocycles. The van der Waals surface area contributed by atoms with Crippen molar-refractivity contribution in [2.24, 2.45) is 5.92 Å². The zero-order valence-corrected chi connectivity index (χ0v) is 15.9. The Labute approximate surface area is 168 Å². The standard InChI is InChI=1S/C20H20ClN5O2/c21-16-4-3-15(11-22)18(10-16)25-20(28)19(27)24-12-14-5-8-26(9-6-14)17-2-1-7-23-13-17/h1-4,7,10,13-14H,5-6,8-9,12H2,(H,24,27)(H,25,28). The molecule has 1 aromatic carbocycles. The van der Waals surface area contributed by atoms with Gasteiger partial charge in [0.05, 0.1) is 23.1 Å². The van der Waals surface area contributed by atoms with Crippen molar-refractivity contribution in [2.45, 2.75) is 12.8 Å². The van der Waals surface area contributed by atoms with E-state index in [0.29, 0.717) is 17.5 Å². The van der Waals surface area contributed by atoms with Crippen LogP contribution < -0.4 is 15.5 Å². The van der Waals surface area contributed by atoms with Gasteiger partial charge in [-0.15, -0.1) is 0 Å². The number of carbonyl (C=O) groups excluding carboxylic acids is 2. The molecular formula is C20H20ClN5O2. The highest BCUT2D eigenvalue weighted by atomic mass is 35.5. The van der Waals surface area contributed by atoms with Gasteiger partial charge >= 0.3 is 11.8 Å². The molecule has 0 aliphatic carbocycles. The number of rotatable bonds is 4. The number of hydrogen-bond acceptors (Lipinski definition) is 5. The van der Waals surface area contributed by atoms with Gasteiger partial charge in [0.2, 0.25) is 0 Å². The fourth-order valence-electron chi connectivity index (χ4n) is 3.15. The summed E-state index contributed by atoms with van der Waals surface area (Å²) in [4.78, 5) is 30.6. The summed E-state index contributed by atoms with van der Waals surface area (Å²) in [6.45, 7) is 2.20. The Balaban J connectivity index is 1.46. The van der Waals surface area contributed by atoms with Crippen molar-refractivity contribution >= 4 is 34.8 Å². The van der Waals surface area contributed by atoms with E-state index < -0.39 is 11.8 Å². The van der Waals surface area contributed by atoms with E-state index in [0.717, 1.165) is 31.6 Å². The second-order valence-electron chi connectivity index (χ2n) is 6.61. The summed E-state index contributed by atoms with van der Waals surface area (Å²) in [5, 5.41) is 14.6. The van der Waals surface area contributed by atoms with E-state index in [1.807, 2.05) is 24.4 Å². The number of carbonyl (C=O) groups is 2. The molecule has 0 unspecified atom stereocenters. The van der Waals surface area contributed by atoms with E-state index in [-0.39, 0.29) is 11.3 Å². The zero-order valence-electron chi connectivity index (χ0n) is 15.2. The highest BCUT2D eigenvalue weighted by molar-refractivity contribution is 6.40. The quantitative estimate of drug-likeness (QED) is 0.772. The van der Waals surface area contributed by atoms with Crippen molar-refractivity contribution in [1.29, 1.82) is 5.26 Å². The van der Waals surface area contributed by atoms with E-state index in [1.54, 1.807) is 12.3 Å². The number of benzene rings is 1. The summed E-state index contributed by atoms with van der Waals surface area (Å²) < 4.78 is 0. The number of amides is 2. The minimum Gasteiger partial charge on any atom is -0.370 e. The number of anilines is 2. The van der Waals surface area contributed by atoms with E-state index in [4.69, 9.17) is 16.9 Å². The second kappa shape index (κ2) is 9.20. The van der Waals surface area contributed by atoms with Crippen LogP contribution in [0.25, 0.3) is 0 Å². The van der Waals surface area contributed by atoms with E-state index >= 15 is 0 Å². The van der Waals surface area contributed by atoms with Crippen molar-refractivity contribution in [2.75, 3.05) is 29.9 Å². The van der Waals surface area contributed by atoms with Crippen molar-refractivity contribution in [3.63, 3.8) is 0 Å². The van der Waals surface area contributed by atoms with Crippen molar-refractivity contribution < 1.29 is 9.59 Å². The van der Waals surface area contributed by atoms with Crippen LogP contribution >= 0.6 is 11.6 Å². The summed E-state index contributed by atoms with van der Waals surface area (Å²) in [6.07, 6.45) is 5.44. The first kappa shape index (κ1) is 19.6. The third-order valence-electron chi connectivity index (χ3n) is 4.73. The molecule has 28 heavy (non-hydrogen) atoms. The molecule has 2 N–H and O–H groups in total. The van der Waals surface area contributed by atoms with Crippen molar-refractivity contribution in [1.82, 2.24) is 10.3 Å². The van der Waals surface area contributed by atoms with Gasteiger partial charge in [-0.3, -0.25) is 14.6 Å². The average Bonchev–Trinajstić information content (AvgIpc) is 2.73. The van der Waals surface area contributed by atoms with Crippen LogP contribution in [0.3, 0.4) is 0 Å². The highest BCUT2D eigenvalue weighted by Crippen LogP contribution is 2.22. The monoisotopic (exact) mass is 397 g/mol. The molecule has 7 nitrogen and oxygen atoms in total. The van der Waals surface area contributed by atoms with Gasteiger partial charge in [0.25, 0.3) is 0 Å². The lowest BCUT2D eigenvalue weighted by Crippen LogP contribution is -2.41. The summed E-state index contributed by atoms with van der Waals surface area (Å²) in [6, 6.07) is 10.4. The van der Waals surface area contributed by atoms with Gasteiger partial charge in [-0.05, 0) is 49.1 Å². The van der Waals surface area contributed by atoms with Crippen LogP contribution in [0.15, 0.2) is 42.7 Å². The van der Waals surface area contributed by atoms with E-state index in [1.165, 1.54) is 12.1 Å². The lowest BCUT2D eigenvalue weighted by atomic mass is 9.96. The average molecular weight is 398 g/mol. The van der Waals surface area contributed by atoms with Gasteiger partial charge < -0.3 is 15.5 Å². The number of nitrogens with one attached hydrogen (secondary N) is 2. The van der Waals surface area contributed by atoms with Crippen LogP contribution in [-0.2, 0) is 9.59 Å². The zero-order chi connectivity index (χ0) is 19.9. The Morgan fingerprint density at radius 1 is 1.25 bits per heavy atom. The topological polar surface area (TPSA) is 98.1 Å². The van der Waals surface area contributed by atoms with E-state index in [2.05, 4.69) is 20.5 Å². The molecular weight excluding hydrogens is 378 g/mol. The molecule has 1 aromatic heterocycles. The normalized spacial score (nSPS) is 14.2. The SMILES string of the molecule is N#Cc1ccc(Cl)cc1NC(=O)C(=O)NCC1CCN(c2cccnc2)CC1. The molecule has 0 bridgehead atoms. The van der Waals surface area contributed by atoms with Gasteiger partial charge in [0, 0.05) is 30.9 Å². The number of pyridine rings is 1. The Morgan fingerprint density at radius 3 is 2.71 bits per heavy atom. The van der Waals surface area contributed by atoms with Crippen LogP contribution in [0.1, 0.15) is 18.4 Å². The summed E-state index contributed by atoms with van der Waals surface area (Å²) in [7, 11) is 0. The summed E-state index contributed by atoms with van der Waals surface area (Å²) in [5.41, 5.74) is 1.56. The first-order valence-corrected chi connectivity index (χ1v) is 9.38. The molecule has 0 radical (unpaired) electrons. The summed E-state index contributed by atoms with van der Waals surface area (Å²) >= 11 is 5.89. The minimum absolute atomic E-state index is 0.222. The fraction of sp³-hybridized carbons (Fsp3) is 0.300. The third kappa shape index (κ3) is 4.99. The predicted molar refractivity (Wildman–Crippen MR) is 107 cm³/mol. The van der Waals surface area contributed by atoms with Crippen LogP contribution in [0.2, 0.25) is 5.02 Å². The number of hydrogen-bond donors (Lipinski definition) is 2. The number of nitriles is 1. The molecule has 1 aliphatic rings. The predicted octanol–water partition coefficient (Wildman–Crippen LogP) is 2.58. The smallest absolute Gasteiger partial charge is 0.313 e. The minimum atomic E-state index is -0.813. The van der Waals surface area contributed by atoms with Crippen molar-refractivity contribution in [3.8, 4) is 6.07 Å². The molecule has 0 saturated carbocycles. The van der Waals surface area contributed by atoms with Gasteiger partial charge in [-0.1, -0.05) is 11.6 Å². The van der Waals surface area contributed by atoms with Gasteiger partial charge in [0.15, 0.2) is 0 Å². The third-order valence-corrected chi connectivity index (χ3v) is 4.97. The number of halogens is 1. The maximum Gasteiger partial charge on any atom is 0.313 e. The van der Waals surface area contributed by atoms with Crippen LogP contribution in [0.4, 0.5) is 11.4 Å². The molecule has 1 saturated heterocycles. The second-order valence-corrected chi connectivity index (χ2v) is 7.04. The Bertz CT molecular complexity index is 889. The maximum atomic E-state index is 12.1. The molecule has 2 aromatic rings. The molecule has 3 rings (SSSR count). The fourth-order valence-corrected chi connectivity index (χ4v) is 3.32. The van der Waals surface area contributed by atoms with Crippen LogP contribution in [0, 0.1) is 17.2 Å². The molecule has 1 fully saturated rings. The molecule has 2 amide bonds. The molecule has 0 atom stereocenters. The Kier molecular flexibility index (Phi) is 6.45.